The largest absolute Gasteiger partial charge is 0.389 e. The maximum absolute atomic E-state index is 12.2. The summed E-state index contributed by atoms with van der Waals surface area (Å²) in [7, 11) is 0. The van der Waals surface area contributed by atoms with E-state index in [1.165, 1.54) is 0 Å². The molecule has 2 aromatic rings. The number of β-amino-alcohol motifs (C(OH)–C–C–N with tert-alkyl or cyclic N) is 1. The molecular weight excluding hydrogens is 278 g/mol. The zero-order valence-electron chi connectivity index (χ0n) is 13.4. The van der Waals surface area contributed by atoms with Crippen molar-refractivity contribution in [3.8, 4) is 0 Å². The minimum absolute atomic E-state index is 0.0137. The van der Waals surface area contributed by atoms with E-state index in [0.717, 1.165) is 43.4 Å². The molecule has 120 valence electrons. The minimum atomic E-state index is -0.621. The minimum Gasteiger partial charge on any atom is -0.389 e. The van der Waals surface area contributed by atoms with Crippen molar-refractivity contribution in [3.05, 3.63) is 34.7 Å². The maximum Gasteiger partial charge on any atom is 0.326 e. The smallest absolute Gasteiger partial charge is 0.326 e. The Hall–Kier alpha value is -1.59. The van der Waals surface area contributed by atoms with Crippen LogP contribution in [0.5, 0.6) is 0 Å². The van der Waals surface area contributed by atoms with Gasteiger partial charge in [-0.25, -0.2) is 4.79 Å². The highest BCUT2D eigenvalue weighted by molar-refractivity contribution is 5.75. The van der Waals surface area contributed by atoms with Crippen molar-refractivity contribution in [3.63, 3.8) is 0 Å². The van der Waals surface area contributed by atoms with Crippen LogP contribution in [0.3, 0.4) is 0 Å². The van der Waals surface area contributed by atoms with Crippen LogP contribution in [0, 0.1) is 0 Å². The first-order valence-corrected chi connectivity index (χ1v) is 8.14. The van der Waals surface area contributed by atoms with Crippen LogP contribution in [0.2, 0.25) is 0 Å². The van der Waals surface area contributed by atoms with Crippen LogP contribution in [0.15, 0.2) is 29.1 Å². The zero-order valence-corrected chi connectivity index (χ0v) is 13.4. The van der Waals surface area contributed by atoms with Gasteiger partial charge in [0.1, 0.15) is 0 Å². The number of nitrogens with zero attached hydrogens (tertiary/aromatic N) is 2. The molecule has 1 saturated heterocycles. The molecule has 0 aliphatic carbocycles. The van der Waals surface area contributed by atoms with Crippen molar-refractivity contribution in [2.75, 3.05) is 19.6 Å². The van der Waals surface area contributed by atoms with Crippen molar-refractivity contribution in [2.24, 2.45) is 0 Å². The SMILES string of the molecule is CCC(C)(O)CN1CCC(n2c(=O)[nH]c3ccccc32)CC1. The number of H-pyrrole nitrogens is 1. The molecular formula is C17H25N3O2. The van der Waals surface area contributed by atoms with Crippen LogP contribution in [-0.4, -0.2) is 44.8 Å². The molecule has 1 fully saturated rings. The van der Waals surface area contributed by atoms with Crippen LogP contribution < -0.4 is 5.69 Å². The van der Waals surface area contributed by atoms with E-state index < -0.39 is 5.60 Å². The molecule has 2 N–H and O–H groups in total. The third kappa shape index (κ3) is 2.96. The summed E-state index contributed by atoms with van der Waals surface area (Å²) in [6, 6.07) is 8.10. The summed E-state index contributed by atoms with van der Waals surface area (Å²) < 4.78 is 1.91. The molecule has 2 heterocycles. The standard InChI is InChI=1S/C17H25N3O2/c1-3-17(2,22)12-19-10-8-13(9-11-19)20-15-7-5-4-6-14(15)18-16(20)21/h4-7,13,22H,3,8-12H2,1-2H3,(H,18,21). The number of para-hydroxylation sites is 2. The van der Waals surface area contributed by atoms with Crippen LogP contribution in [0.25, 0.3) is 11.0 Å². The van der Waals surface area contributed by atoms with Crippen molar-refractivity contribution in [2.45, 2.75) is 44.8 Å². The van der Waals surface area contributed by atoms with Gasteiger partial charge in [-0.15, -0.1) is 0 Å². The number of aromatic nitrogens is 2. The number of hydrogen-bond donors (Lipinski definition) is 2. The molecule has 0 bridgehead atoms. The molecule has 0 spiro atoms. The third-order valence-electron chi connectivity index (χ3n) is 4.87. The average molecular weight is 303 g/mol. The summed E-state index contributed by atoms with van der Waals surface area (Å²) in [4.78, 5) is 17.5. The van der Waals surface area contributed by atoms with E-state index in [-0.39, 0.29) is 11.7 Å². The van der Waals surface area contributed by atoms with Gasteiger partial charge in [-0.2, -0.15) is 0 Å². The monoisotopic (exact) mass is 303 g/mol. The molecule has 1 aromatic heterocycles. The van der Waals surface area contributed by atoms with Gasteiger partial charge in [0.25, 0.3) is 0 Å². The highest BCUT2D eigenvalue weighted by atomic mass is 16.3. The fourth-order valence-corrected chi connectivity index (χ4v) is 3.37. The Kier molecular flexibility index (Phi) is 4.10. The Morgan fingerprint density at radius 2 is 2.00 bits per heavy atom. The number of aromatic amines is 1. The topological polar surface area (TPSA) is 61.3 Å². The summed E-state index contributed by atoms with van der Waals surface area (Å²) >= 11 is 0. The summed E-state index contributed by atoms with van der Waals surface area (Å²) in [5, 5.41) is 10.2. The number of hydrogen-bond acceptors (Lipinski definition) is 3. The Morgan fingerprint density at radius 3 is 2.68 bits per heavy atom. The molecule has 22 heavy (non-hydrogen) atoms. The molecule has 5 nitrogen and oxygen atoms in total. The van der Waals surface area contributed by atoms with Gasteiger partial charge in [0.05, 0.1) is 16.6 Å². The van der Waals surface area contributed by atoms with Gasteiger partial charge in [0.15, 0.2) is 0 Å². The fraction of sp³-hybridized carbons (Fsp3) is 0.588. The van der Waals surface area contributed by atoms with Crippen molar-refractivity contribution >= 4 is 11.0 Å². The number of likely N-dealkylation sites (tertiary alicyclic amines) is 1. The van der Waals surface area contributed by atoms with Crippen molar-refractivity contribution < 1.29 is 5.11 Å². The highest BCUT2D eigenvalue weighted by Gasteiger charge is 2.27. The Morgan fingerprint density at radius 1 is 1.32 bits per heavy atom. The second-order valence-corrected chi connectivity index (χ2v) is 6.68. The van der Waals surface area contributed by atoms with Crippen molar-refractivity contribution in [1.29, 1.82) is 0 Å². The Balaban J connectivity index is 1.73. The number of piperidine rings is 1. The zero-order chi connectivity index (χ0) is 15.7. The normalized spacial score (nSPS) is 20.3. The number of nitrogens with one attached hydrogen (secondary N) is 1. The predicted octanol–water partition coefficient (Wildman–Crippen LogP) is 2.13. The lowest BCUT2D eigenvalue weighted by Crippen LogP contribution is -2.45. The molecule has 0 amide bonds. The first-order chi connectivity index (χ1) is 10.5. The number of imidazole rings is 1. The van der Waals surface area contributed by atoms with Gasteiger partial charge >= 0.3 is 5.69 Å². The number of benzene rings is 1. The van der Waals surface area contributed by atoms with Crippen LogP contribution in [-0.2, 0) is 0 Å². The lowest BCUT2D eigenvalue weighted by Gasteiger charge is -2.36. The number of rotatable bonds is 4. The molecule has 1 aliphatic heterocycles. The average Bonchev–Trinajstić information content (AvgIpc) is 2.84. The quantitative estimate of drug-likeness (QED) is 0.909. The van der Waals surface area contributed by atoms with Gasteiger partial charge in [-0.3, -0.25) is 4.57 Å². The first kappa shape index (κ1) is 15.3. The summed E-state index contributed by atoms with van der Waals surface area (Å²) in [5.41, 5.74) is 1.26. The number of aliphatic hydroxyl groups is 1. The molecule has 3 rings (SSSR count). The molecule has 1 aromatic carbocycles. The van der Waals surface area contributed by atoms with E-state index in [1.807, 2.05) is 42.7 Å². The van der Waals surface area contributed by atoms with Gasteiger partial charge < -0.3 is 15.0 Å². The molecule has 5 heteroatoms. The highest BCUT2D eigenvalue weighted by Crippen LogP contribution is 2.26. The lowest BCUT2D eigenvalue weighted by atomic mass is 9.99. The van der Waals surface area contributed by atoms with Crippen LogP contribution in [0.4, 0.5) is 0 Å². The van der Waals surface area contributed by atoms with Crippen LogP contribution >= 0.6 is 0 Å². The summed E-state index contributed by atoms with van der Waals surface area (Å²) in [6.07, 6.45) is 2.65. The van der Waals surface area contributed by atoms with E-state index >= 15 is 0 Å². The van der Waals surface area contributed by atoms with Gasteiger partial charge in [0, 0.05) is 25.7 Å². The fourth-order valence-electron chi connectivity index (χ4n) is 3.37. The second-order valence-electron chi connectivity index (χ2n) is 6.68. The van der Waals surface area contributed by atoms with Crippen LogP contribution in [0.1, 0.15) is 39.2 Å². The first-order valence-electron chi connectivity index (χ1n) is 8.14. The summed E-state index contributed by atoms with van der Waals surface area (Å²) in [6.45, 7) is 6.46. The Labute approximate surface area is 130 Å². The maximum atomic E-state index is 12.2. The van der Waals surface area contributed by atoms with E-state index in [1.54, 1.807) is 0 Å². The molecule has 1 atom stereocenters. The second kappa shape index (κ2) is 5.89. The van der Waals surface area contributed by atoms with Gasteiger partial charge in [-0.05, 0) is 38.3 Å². The van der Waals surface area contributed by atoms with Gasteiger partial charge in [-0.1, -0.05) is 19.1 Å². The molecule has 1 unspecified atom stereocenters. The number of fused-ring (bicyclic) bond motifs is 1. The third-order valence-corrected chi connectivity index (χ3v) is 4.87. The van der Waals surface area contributed by atoms with E-state index in [2.05, 4.69) is 9.88 Å². The van der Waals surface area contributed by atoms with E-state index in [0.29, 0.717) is 6.54 Å². The molecule has 0 saturated carbocycles. The molecule has 1 aliphatic rings. The lowest BCUT2D eigenvalue weighted by molar-refractivity contribution is 0.00727. The van der Waals surface area contributed by atoms with Crippen molar-refractivity contribution in [1.82, 2.24) is 14.5 Å². The predicted molar refractivity (Wildman–Crippen MR) is 88.2 cm³/mol. The van der Waals surface area contributed by atoms with Gasteiger partial charge in [0.2, 0.25) is 0 Å². The molecule has 0 radical (unpaired) electrons. The van der Waals surface area contributed by atoms with E-state index in [9.17, 15) is 9.90 Å². The Bertz CT molecular complexity index is 693. The van der Waals surface area contributed by atoms with E-state index in [4.69, 9.17) is 0 Å². The summed E-state index contributed by atoms with van der Waals surface area (Å²) in [5.74, 6) is 0.